The topological polar surface area (TPSA) is 47.9 Å². The van der Waals surface area contributed by atoms with Crippen LogP contribution in [0.4, 0.5) is 14.5 Å². The van der Waals surface area contributed by atoms with Crippen molar-refractivity contribution in [3.05, 3.63) is 23.3 Å². The third-order valence-corrected chi connectivity index (χ3v) is 2.01. The van der Waals surface area contributed by atoms with E-state index in [0.29, 0.717) is 6.07 Å². The molecule has 0 amide bonds. The van der Waals surface area contributed by atoms with Crippen molar-refractivity contribution in [3.8, 4) is 5.75 Å². The van der Waals surface area contributed by atoms with Gasteiger partial charge in [-0.05, 0) is 19.7 Å². The fourth-order valence-electron chi connectivity index (χ4n) is 1.28. The molecule has 0 aliphatic heterocycles. The number of nitrogens with zero attached hydrogens (tertiary/aromatic N) is 1. The maximum Gasteiger partial charge on any atom is 0.341 e. The number of carbonyl (C=O) groups is 1. The van der Waals surface area contributed by atoms with Gasteiger partial charge >= 0.3 is 5.97 Å². The summed E-state index contributed by atoms with van der Waals surface area (Å²) >= 11 is 0. The fourth-order valence-corrected chi connectivity index (χ4v) is 1.28. The Morgan fingerprint density at radius 1 is 1.53 bits per heavy atom. The Morgan fingerprint density at radius 3 is 2.65 bits per heavy atom. The number of halogens is 2. The lowest BCUT2D eigenvalue weighted by Gasteiger charge is -2.10. The molecule has 0 saturated heterocycles. The quantitative estimate of drug-likeness (QED) is 0.603. The van der Waals surface area contributed by atoms with Gasteiger partial charge in [0.05, 0.1) is 13.7 Å². The van der Waals surface area contributed by atoms with E-state index in [9.17, 15) is 13.6 Å². The Kier molecular flexibility index (Phi) is 4.14. The van der Waals surface area contributed by atoms with Crippen LogP contribution < -0.4 is 4.74 Å². The van der Waals surface area contributed by atoms with Crippen LogP contribution in [0.25, 0.3) is 0 Å². The van der Waals surface area contributed by atoms with E-state index in [1.54, 1.807) is 6.92 Å². The van der Waals surface area contributed by atoms with E-state index < -0.39 is 28.9 Å². The highest BCUT2D eigenvalue weighted by molar-refractivity contribution is 5.91. The van der Waals surface area contributed by atoms with E-state index in [1.807, 2.05) is 0 Å². The number of aliphatic imine (C=N–C) groups is 1. The second-order valence-electron chi connectivity index (χ2n) is 2.98. The molecule has 1 aromatic rings. The zero-order valence-electron chi connectivity index (χ0n) is 9.42. The Labute approximate surface area is 96.9 Å². The third-order valence-electron chi connectivity index (χ3n) is 2.01. The highest BCUT2D eigenvalue weighted by atomic mass is 19.1. The summed E-state index contributed by atoms with van der Waals surface area (Å²) in [5.74, 6) is -3.35. The SMILES string of the molecule is C=Nc1c(F)cc(C(=O)OCC)c(F)c1OC. The van der Waals surface area contributed by atoms with Crippen LogP contribution in [0, 0.1) is 11.6 Å². The van der Waals surface area contributed by atoms with Crippen LogP contribution in [-0.4, -0.2) is 26.4 Å². The highest BCUT2D eigenvalue weighted by Gasteiger charge is 2.23. The van der Waals surface area contributed by atoms with E-state index in [2.05, 4.69) is 21.2 Å². The molecule has 17 heavy (non-hydrogen) atoms. The fraction of sp³-hybridized carbons (Fsp3) is 0.273. The van der Waals surface area contributed by atoms with E-state index in [0.717, 1.165) is 7.11 Å². The van der Waals surface area contributed by atoms with Gasteiger partial charge in [-0.15, -0.1) is 0 Å². The molecule has 0 heterocycles. The van der Waals surface area contributed by atoms with Gasteiger partial charge in [-0.25, -0.2) is 13.6 Å². The molecule has 0 spiro atoms. The largest absolute Gasteiger partial charge is 0.491 e. The molecule has 0 unspecified atom stereocenters. The van der Waals surface area contributed by atoms with Gasteiger partial charge in [-0.3, -0.25) is 4.99 Å². The van der Waals surface area contributed by atoms with Crippen molar-refractivity contribution in [1.29, 1.82) is 0 Å². The van der Waals surface area contributed by atoms with Crippen molar-refractivity contribution in [2.45, 2.75) is 6.92 Å². The molecule has 0 atom stereocenters. The van der Waals surface area contributed by atoms with Crippen molar-refractivity contribution < 1.29 is 23.0 Å². The molecular formula is C11H11F2NO3. The van der Waals surface area contributed by atoms with Crippen LogP contribution in [0.5, 0.6) is 5.75 Å². The first-order valence-electron chi connectivity index (χ1n) is 4.76. The average Bonchev–Trinajstić information content (AvgIpc) is 2.31. The van der Waals surface area contributed by atoms with Gasteiger partial charge in [0.15, 0.2) is 17.4 Å². The van der Waals surface area contributed by atoms with Gasteiger partial charge in [0.1, 0.15) is 11.3 Å². The zero-order chi connectivity index (χ0) is 13.0. The first kappa shape index (κ1) is 13.1. The molecule has 0 aromatic heterocycles. The first-order chi connectivity index (χ1) is 8.06. The van der Waals surface area contributed by atoms with Crippen LogP contribution >= 0.6 is 0 Å². The van der Waals surface area contributed by atoms with Crippen LogP contribution in [0.1, 0.15) is 17.3 Å². The summed E-state index contributed by atoms with van der Waals surface area (Å²) in [6, 6.07) is 0.708. The summed E-state index contributed by atoms with van der Waals surface area (Å²) in [5, 5.41) is 0. The van der Waals surface area contributed by atoms with Crippen LogP contribution in [0.3, 0.4) is 0 Å². The molecule has 1 rings (SSSR count). The highest BCUT2D eigenvalue weighted by Crippen LogP contribution is 2.35. The maximum atomic E-state index is 13.8. The van der Waals surface area contributed by atoms with Crippen molar-refractivity contribution in [2.24, 2.45) is 4.99 Å². The molecule has 0 saturated carbocycles. The second-order valence-corrected chi connectivity index (χ2v) is 2.98. The number of methoxy groups -OCH3 is 1. The first-order valence-corrected chi connectivity index (χ1v) is 4.76. The number of rotatable bonds is 4. The number of hydrogen-bond acceptors (Lipinski definition) is 4. The minimum atomic E-state index is -1.02. The van der Waals surface area contributed by atoms with Crippen molar-refractivity contribution >= 4 is 18.4 Å². The smallest absolute Gasteiger partial charge is 0.341 e. The summed E-state index contributed by atoms with van der Waals surface area (Å²) in [5.41, 5.74) is -0.911. The Hall–Kier alpha value is -1.98. The van der Waals surface area contributed by atoms with E-state index >= 15 is 0 Å². The summed E-state index contributed by atoms with van der Waals surface area (Å²) < 4.78 is 36.5. The molecule has 0 N–H and O–H groups in total. The number of hydrogen-bond donors (Lipinski definition) is 0. The molecule has 6 heteroatoms. The van der Waals surface area contributed by atoms with E-state index in [4.69, 9.17) is 0 Å². The van der Waals surface area contributed by atoms with Crippen molar-refractivity contribution in [3.63, 3.8) is 0 Å². The monoisotopic (exact) mass is 243 g/mol. The average molecular weight is 243 g/mol. The normalized spacial score (nSPS) is 9.88. The zero-order valence-corrected chi connectivity index (χ0v) is 9.42. The minimum Gasteiger partial charge on any atom is -0.491 e. The van der Waals surface area contributed by atoms with Gasteiger partial charge in [0, 0.05) is 0 Å². The molecule has 4 nitrogen and oxygen atoms in total. The van der Waals surface area contributed by atoms with Gasteiger partial charge in [-0.2, -0.15) is 0 Å². The van der Waals surface area contributed by atoms with Crippen LogP contribution in [0.2, 0.25) is 0 Å². The molecule has 0 bridgehead atoms. The predicted molar refractivity (Wildman–Crippen MR) is 58.1 cm³/mol. The van der Waals surface area contributed by atoms with Gasteiger partial charge in [0.25, 0.3) is 0 Å². The minimum absolute atomic E-state index is 0.0592. The number of esters is 1. The molecule has 92 valence electrons. The molecule has 0 aliphatic carbocycles. The number of benzene rings is 1. The lowest BCUT2D eigenvalue weighted by atomic mass is 10.1. The summed E-state index contributed by atoms with van der Waals surface area (Å²) in [4.78, 5) is 14.7. The molecule has 1 aromatic carbocycles. The van der Waals surface area contributed by atoms with Gasteiger partial charge in [-0.1, -0.05) is 0 Å². The molecule has 0 radical (unpaired) electrons. The van der Waals surface area contributed by atoms with Gasteiger partial charge < -0.3 is 9.47 Å². The second kappa shape index (κ2) is 5.38. The molecule has 0 aliphatic rings. The third kappa shape index (κ3) is 2.41. The number of carbonyl (C=O) groups excluding carboxylic acids is 1. The summed E-state index contributed by atoms with van der Waals surface area (Å²) in [6.07, 6.45) is 0. The molecular weight excluding hydrogens is 232 g/mol. The number of ether oxygens (including phenoxy) is 2. The van der Waals surface area contributed by atoms with Crippen molar-refractivity contribution in [1.82, 2.24) is 0 Å². The molecule has 0 fully saturated rings. The lowest BCUT2D eigenvalue weighted by Crippen LogP contribution is -2.09. The van der Waals surface area contributed by atoms with Gasteiger partial charge in [0.2, 0.25) is 0 Å². The maximum absolute atomic E-state index is 13.8. The Balaban J connectivity index is 3.40. The van der Waals surface area contributed by atoms with Crippen molar-refractivity contribution in [2.75, 3.05) is 13.7 Å². The van der Waals surface area contributed by atoms with E-state index in [1.165, 1.54) is 0 Å². The standard InChI is InChI=1S/C11H11F2NO3/c1-4-17-11(15)6-5-7(12)9(14-2)10(16-3)8(6)13/h5H,2,4H2,1,3H3. The van der Waals surface area contributed by atoms with Crippen LogP contribution in [-0.2, 0) is 4.74 Å². The summed E-state index contributed by atoms with van der Waals surface area (Å²) in [7, 11) is 1.14. The Morgan fingerprint density at radius 2 is 2.18 bits per heavy atom. The Bertz CT molecular complexity index is 461. The predicted octanol–water partition coefficient (Wildman–Crippen LogP) is 2.48. The lowest BCUT2D eigenvalue weighted by molar-refractivity contribution is 0.0519. The summed E-state index contributed by atoms with van der Waals surface area (Å²) in [6.45, 7) is 4.72. The van der Waals surface area contributed by atoms with Crippen LogP contribution in [0.15, 0.2) is 11.1 Å². The van der Waals surface area contributed by atoms with E-state index in [-0.39, 0.29) is 12.3 Å².